The van der Waals surface area contributed by atoms with Gasteiger partial charge in [0.05, 0.1) is 6.20 Å². The molecule has 88 valence electrons. The first kappa shape index (κ1) is 10.3. The lowest BCUT2D eigenvalue weighted by atomic mass is 9.77. The predicted octanol–water partition coefficient (Wildman–Crippen LogP) is 2.15. The molecule has 1 saturated carbocycles. The molecule has 3 nitrogen and oxygen atoms in total. The molecule has 3 rings (SSSR count). The van der Waals surface area contributed by atoms with Crippen LogP contribution in [0.3, 0.4) is 0 Å². The fourth-order valence-corrected chi connectivity index (χ4v) is 3.09. The van der Waals surface area contributed by atoms with Gasteiger partial charge in [-0.3, -0.25) is 4.68 Å². The number of hydrogen-bond acceptors (Lipinski definition) is 2. The third kappa shape index (κ3) is 1.67. The van der Waals surface area contributed by atoms with Gasteiger partial charge in [0.2, 0.25) is 0 Å². The minimum Gasteiger partial charge on any atom is -0.317 e. The molecule has 0 unspecified atom stereocenters. The van der Waals surface area contributed by atoms with Gasteiger partial charge in [-0.1, -0.05) is 6.42 Å². The number of hydrogen-bond donors (Lipinski definition) is 1. The van der Waals surface area contributed by atoms with Crippen LogP contribution >= 0.6 is 0 Å². The first-order chi connectivity index (χ1) is 7.86. The first-order valence-electron chi connectivity index (χ1n) is 6.59. The zero-order valence-electron chi connectivity index (χ0n) is 10.1. The Morgan fingerprint density at radius 1 is 1.19 bits per heavy atom. The summed E-state index contributed by atoms with van der Waals surface area (Å²) in [6, 6.07) is 0. The number of piperidine rings is 1. The Morgan fingerprint density at radius 3 is 2.56 bits per heavy atom. The summed E-state index contributed by atoms with van der Waals surface area (Å²) in [7, 11) is 2.11. The molecule has 1 aliphatic carbocycles. The van der Waals surface area contributed by atoms with E-state index in [9.17, 15) is 0 Å². The highest BCUT2D eigenvalue weighted by atomic mass is 15.3. The number of aryl methyl sites for hydroxylation is 1. The number of nitrogens with zero attached hydrogens (tertiary/aromatic N) is 2. The highest BCUT2D eigenvalue weighted by Crippen LogP contribution is 2.41. The van der Waals surface area contributed by atoms with Gasteiger partial charge < -0.3 is 5.32 Å². The molecular weight excluding hydrogens is 198 g/mol. The van der Waals surface area contributed by atoms with Gasteiger partial charge in [0.1, 0.15) is 0 Å². The lowest BCUT2D eigenvalue weighted by Crippen LogP contribution is -2.28. The molecule has 16 heavy (non-hydrogen) atoms. The Labute approximate surface area is 97.2 Å². The lowest BCUT2D eigenvalue weighted by molar-refractivity contribution is 0.399. The van der Waals surface area contributed by atoms with Crippen molar-refractivity contribution in [2.75, 3.05) is 13.1 Å². The second-order valence-electron chi connectivity index (χ2n) is 5.26. The van der Waals surface area contributed by atoms with Crippen LogP contribution in [0, 0.1) is 0 Å². The van der Waals surface area contributed by atoms with Crippen molar-refractivity contribution >= 4 is 0 Å². The third-order valence-corrected chi connectivity index (χ3v) is 4.29. The second-order valence-corrected chi connectivity index (χ2v) is 5.26. The maximum atomic E-state index is 4.49. The van der Waals surface area contributed by atoms with E-state index in [0.29, 0.717) is 0 Å². The predicted molar refractivity (Wildman–Crippen MR) is 64.6 cm³/mol. The number of rotatable bonds is 2. The molecule has 3 heteroatoms. The Hall–Kier alpha value is -0.830. The Kier molecular flexibility index (Phi) is 2.72. The van der Waals surface area contributed by atoms with Crippen LogP contribution in [-0.4, -0.2) is 22.9 Å². The molecule has 0 radical (unpaired) electrons. The van der Waals surface area contributed by atoms with Gasteiger partial charge in [0.15, 0.2) is 0 Å². The summed E-state index contributed by atoms with van der Waals surface area (Å²) in [5.74, 6) is 1.56. The largest absolute Gasteiger partial charge is 0.317 e. The number of nitrogens with one attached hydrogen (secondary N) is 1. The minimum atomic E-state index is 0.740. The second kappa shape index (κ2) is 4.21. The van der Waals surface area contributed by atoms with E-state index in [2.05, 4.69) is 28.3 Å². The summed E-state index contributed by atoms with van der Waals surface area (Å²) in [5.41, 5.74) is 3.09. The van der Waals surface area contributed by atoms with Crippen LogP contribution in [0.15, 0.2) is 6.20 Å². The molecule has 0 aromatic carbocycles. The fourth-order valence-electron chi connectivity index (χ4n) is 3.09. The van der Waals surface area contributed by atoms with Gasteiger partial charge in [0.25, 0.3) is 0 Å². The van der Waals surface area contributed by atoms with Crippen LogP contribution in [0.25, 0.3) is 0 Å². The molecule has 1 N–H and O–H groups in total. The molecule has 1 aromatic rings. The summed E-state index contributed by atoms with van der Waals surface area (Å²) in [6.07, 6.45) is 8.85. The third-order valence-electron chi connectivity index (χ3n) is 4.29. The molecule has 1 saturated heterocycles. The van der Waals surface area contributed by atoms with Crippen molar-refractivity contribution in [1.29, 1.82) is 0 Å². The molecule has 1 aliphatic heterocycles. The van der Waals surface area contributed by atoms with E-state index in [1.54, 1.807) is 5.56 Å². The van der Waals surface area contributed by atoms with E-state index in [1.165, 1.54) is 50.9 Å². The summed E-state index contributed by atoms with van der Waals surface area (Å²) in [4.78, 5) is 0. The van der Waals surface area contributed by atoms with Crippen LogP contribution in [0.1, 0.15) is 55.2 Å². The molecule has 1 aromatic heterocycles. The smallest absolute Gasteiger partial charge is 0.0527 e. The first-order valence-corrected chi connectivity index (χ1v) is 6.59. The van der Waals surface area contributed by atoms with Crippen LogP contribution in [-0.2, 0) is 7.05 Å². The number of aromatic nitrogens is 2. The van der Waals surface area contributed by atoms with E-state index < -0.39 is 0 Å². The molecule has 0 amide bonds. The average molecular weight is 219 g/mol. The molecular formula is C13H21N3. The molecule has 0 spiro atoms. The zero-order valence-corrected chi connectivity index (χ0v) is 10.1. The van der Waals surface area contributed by atoms with Crippen molar-refractivity contribution in [2.24, 2.45) is 7.05 Å². The standard InChI is InChI=1S/C13H21N3/c1-16-13(11-5-7-14-8-6-11)12(9-15-16)10-3-2-4-10/h9-11,14H,2-8H2,1H3. The van der Waals surface area contributed by atoms with Crippen molar-refractivity contribution in [3.05, 3.63) is 17.5 Å². The Morgan fingerprint density at radius 2 is 1.94 bits per heavy atom. The van der Waals surface area contributed by atoms with Crippen molar-refractivity contribution in [2.45, 2.75) is 43.9 Å². The normalized spacial score (nSPS) is 23.3. The molecule has 2 aliphatic rings. The topological polar surface area (TPSA) is 29.9 Å². The van der Waals surface area contributed by atoms with Crippen molar-refractivity contribution < 1.29 is 0 Å². The van der Waals surface area contributed by atoms with Crippen LogP contribution in [0.2, 0.25) is 0 Å². The summed E-state index contributed by atoms with van der Waals surface area (Å²) in [6.45, 7) is 2.33. The quantitative estimate of drug-likeness (QED) is 0.826. The highest BCUT2D eigenvalue weighted by molar-refractivity contribution is 5.28. The SMILES string of the molecule is Cn1ncc(C2CCC2)c1C1CCNCC1. The van der Waals surface area contributed by atoms with E-state index in [0.717, 1.165) is 11.8 Å². The summed E-state index contributed by atoms with van der Waals surface area (Å²) < 4.78 is 2.13. The van der Waals surface area contributed by atoms with Gasteiger partial charge >= 0.3 is 0 Å². The Bertz CT molecular complexity index is 359. The average Bonchev–Trinajstić information content (AvgIpc) is 2.59. The highest BCUT2D eigenvalue weighted by Gasteiger charge is 2.28. The van der Waals surface area contributed by atoms with Crippen molar-refractivity contribution in [3.63, 3.8) is 0 Å². The van der Waals surface area contributed by atoms with Gasteiger partial charge in [-0.2, -0.15) is 5.10 Å². The summed E-state index contributed by atoms with van der Waals surface area (Å²) in [5, 5.41) is 7.93. The molecule has 2 fully saturated rings. The monoisotopic (exact) mass is 219 g/mol. The van der Waals surface area contributed by atoms with Crippen molar-refractivity contribution in [3.8, 4) is 0 Å². The molecule has 0 atom stereocenters. The Balaban J connectivity index is 1.88. The lowest BCUT2D eigenvalue weighted by Gasteiger charge is -2.29. The van der Waals surface area contributed by atoms with Crippen LogP contribution < -0.4 is 5.32 Å². The van der Waals surface area contributed by atoms with Gasteiger partial charge in [-0.15, -0.1) is 0 Å². The van der Waals surface area contributed by atoms with Gasteiger partial charge in [-0.05, 0) is 50.3 Å². The van der Waals surface area contributed by atoms with E-state index in [4.69, 9.17) is 0 Å². The van der Waals surface area contributed by atoms with E-state index in [1.807, 2.05) is 0 Å². The fraction of sp³-hybridized carbons (Fsp3) is 0.769. The van der Waals surface area contributed by atoms with Gasteiger partial charge in [0, 0.05) is 18.7 Å². The van der Waals surface area contributed by atoms with Crippen LogP contribution in [0.5, 0.6) is 0 Å². The maximum absolute atomic E-state index is 4.49. The van der Waals surface area contributed by atoms with E-state index >= 15 is 0 Å². The summed E-state index contributed by atoms with van der Waals surface area (Å²) >= 11 is 0. The maximum Gasteiger partial charge on any atom is 0.0527 e. The zero-order chi connectivity index (χ0) is 11.0. The minimum absolute atomic E-state index is 0.740. The van der Waals surface area contributed by atoms with Crippen molar-refractivity contribution in [1.82, 2.24) is 15.1 Å². The molecule has 0 bridgehead atoms. The van der Waals surface area contributed by atoms with Gasteiger partial charge in [-0.25, -0.2) is 0 Å². The molecule has 2 heterocycles. The van der Waals surface area contributed by atoms with Crippen LogP contribution in [0.4, 0.5) is 0 Å². The van der Waals surface area contributed by atoms with E-state index in [-0.39, 0.29) is 0 Å².